The summed E-state index contributed by atoms with van der Waals surface area (Å²) >= 11 is 12.6. The molecule has 8 heteroatoms. The molecule has 1 aromatic carbocycles. The first-order valence-electron chi connectivity index (χ1n) is 6.12. The van der Waals surface area contributed by atoms with E-state index in [0.29, 0.717) is 11.7 Å². The SMILES string of the molecule is C=CCNC(=S)Nn1cnnc1SCc1ccc(Cl)cc1. The van der Waals surface area contributed by atoms with Gasteiger partial charge in [0.1, 0.15) is 6.33 Å². The van der Waals surface area contributed by atoms with Gasteiger partial charge in [-0.25, -0.2) is 4.68 Å². The highest BCUT2D eigenvalue weighted by molar-refractivity contribution is 7.98. The van der Waals surface area contributed by atoms with Gasteiger partial charge in [0.2, 0.25) is 5.16 Å². The normalized spacial score (nSPS) is 10.1. The van der Waals surface area contributed by atoms with Crippen LogP contribution in [0.5, 0.6) is 0 Å². The van der Waals surface area contributed by atoms with E-state index < -0.39 is 0 Å². The molecule has 0 aliphatic rings. The molecule has 0 aliphatic carbocycles. The van der Waals surface area contributed by atoms with Crippen molar-refractivity contribution >= 4 is 40.7 Å². The molecule has 0 spiro atoms. The van der Waals surface area contributed by atoms with Gasteiger partial charge in [0, 0.05) is 17.3 Å². The number of thiocarbonyl (C=S) groups is 1. The molecule has 110 valence electrons. The van der Waals surface area contributed by atoms with Crippen LogP contribution in [-0.4, -0.2) is 26.5 Å². The number of hydrogen-bond donors (Lipinski definition) is 2. The maximum atomic E-state index is 5.86. The van der Waals surface area contributed by atoms with Gasteiger partial charge < -0.3 is 5.32 Å². The lowest BCUT2D eigenvalue weighted by Gasteiger charge is -2.11. The smallest absolute Gasteiger partial charge is 0.210 e. The lowest BCUT2D eigenvalue weighted by atomic mass is 10.2. The molecule has 0 atom stereocenters. The van der Waals surface area contributed by atoms with E-state index in [1.165, 1.54) is 0 Å². The molecule has 0 aliphatic heterocycles. The summed E-state index contributed by atoms with van der Waals surface area (Å²) in [6.07, 6.45) is 3.31. The van der Waals surface area contributed by atoms with Gasteiger partial charge in [-0.3, -0.25) is 5.43 Å². The van der Waals surface area contributed by atoms with Crippen molar-refractivity contribution in [3.63, 3.8) is 0 Å². The largest absolute Gasteiger partial charge is 0.358 e. The van der Waals surface area contributed by atoms with Crippen LogP contribution >= 0.6 is 35.6 Å². The molecule has 1 aromatic heterocycles. The van der Waals surface area contributed by atoms with Crippen molar-refractivity contribution in [2.45, 2.75) is 10.9 Å². The van der Waals surface area contributed by atoms with Crippen molar-refractivity contribution in [3.8, 4) is 0 Å². The molecule has 0 bridgehead atoms. The molecule has 5 nitrogen and oxygen atoms in total. The molecule has 2 N–H and O–H groups in total. The fourth-order valence-corrected chi connectivity index (χ4v) is 2.57. The van der Waals surface area contributed by atoms with E-state index in [0.717, 1.165) is 21.5 Å². The van der Waals surface area contributed by atoms with E-state index in [4.69, 9.17) is 23.8 Å². The van der Waals surface area contributed by atoms with Crippen molar-refractivity contribution in [3.05, 3.63) is 53.8 Å². The summed E-state index contributed by atoms with van der Waals surface area (Å²) in [5, 5.41) is 12.9. The number of nitrogens with one attached hydrogen (secondary N) is 2. The van der Waals surface area contributed by atoms with Crippen LogP contribution in [0.2, 0.25) is 5.02 Å². The molecule has 0 unspecified atom stereocenters. The Morgan fingerprint density at radius 3 is 2.90 bits per heavy atom. The number of aromatic nitrogens is 3. The Morgan fingerprint density at radius 2 is 2.19 bits per heavy atom. The van der Waals surface area contributed by atoms with Crippen LogP contribution in [0.25, 0.3) is 0 Å². The molecular weight excluding hydrogens is 326 g/mol. The van der Waals surface area contributed by atoms with Crippen LogP contribution in [0.4, 0.5) is 0 Å². The first-order valence-corrected chi connectivity index (χ1v) is 7.89. The fourth-order valence-electron chi connectivity index (χ4n) is 1.44. The Kier molecular flexibility index (Phi) is 6.04. The number of halogens is 1. The summed E-state index contributed by atoms with van der Waals surface area (Å²) < 4.78 is 1.68. The first kappa shape index (κ1) is 15.8. The van der Waals surface area contributed by atoms with E-state index in [1.54, 1.807) is 28.8 Å². The van der Waals surface area contributed by atoms with Crippen LogP contribution in [0.1, 0.15) is 5.56 Å². The van der Waals surface area contributed by atoms with Gasteiger partial charge in [-0.05, 0) is 29.9 Å². The molecule has 0 saturated heterocycles. The zero-order valence-corrected chi connectivity index (χ0v) is 13.5. The van der Waals surface area contributed by atoms with Crippen molar-refractivity contribution in [1.82, 2.24) is 20.2 Å². The topological polar surface area (TPSA) is 54.8 Å². The number of thioether (sulfide) groups is 1. The maximum absolute atomic E-state index is 5.86. The first-order chi connectivity index (χ1) is 10.2. The molecule has 1 heterocycles. The van der Waals surface area contributed by atoms with Gasteiger partial charge in [-0.2, -0.15) is 0 Å². The fraction of sp³-hybridized carbons (Fsp3) is 0.154. The molecule has 0 radical (unpaired) electrons. The number of nitrogens with zero attached hydrogens (tertiary/aromatic N) is 3. The van der Waals surface area contributed by atoms with E-state index in [1.807, 2.05) is 24.3 Å². The number of hydrogen-bond acceptors (Lipinski definition) is 4. The Bertz CT molecular complexity index is 611. The summed E-state index contributed by atoms with van der Waals surface area (Å²) in [4.78, 5) is 0. The second-order valence-corrected chi connectivity index (χ2v) is 5.80. The Labute approximate surface area is 137 Å². The van der Waals surface area contributed by atoms with Gasteiger partial charge in [-0.1, -0.05) is 41.6 Å². The number of rotatable bonds is 6. The third kappa shape index (κ3) is 5.04. The third-order valence-corrected chi connectivity index (χ3v) is 3.93. The highest BCUT2D eigenvalue weighted by atomic mass is 35.5. The summed E-state index contributed by atoms with van der Waals surface area (Å²) in [6.45, 7) is 4.22. The van der Waals surface area contributed by atoms with Crippen molar-refractivity contribution in [1.29, 1.82) is 0 Å². The minimum absolute atomic E-state index is 0.489. The second-order valence-electron chi connectivity index (χ2n) is 4.01. The molecule has 2 aromatic rings. The summed E-state index contributed by atoms with van der Waals surface area (Å²) in [5.74, 6) is 0.768. The van der Waals surface area contributed by atoms with Crippen molar-refractivity contribution in [2.75, 3.05) is 12.0 Å². The molecule has 21 heavy (non-hydrogen) atoms. The van der Waals surface area contributed by atoms with Gasteiger partial charge in [0.05, 0.1) is 0 Å². The Hall–Kier alpha value is -1.57. The van der Waals surface area contributed by atoms with E-state index in [2.05, 4.69) is 27.5 Å². The highest BCUT2D eigenvalue weighted by Gasteiger charge is 2.06. The zero-order valence-electron chi connectivity index (χ0n) is 11.1. The van der Waals surface area contributed by atoms with Gasteiger partial charge in [-0.15, -0.1) is 16.8 Å². The van der Waals surface area contributed by atoms with Crippen LogP contribution in [-0.2, 0) is 5.75 Å². The molecule has 0 fully saturated rings. The standard InChI is InChI=1S/C13H14ClN5S2/c1-2-7-15-12(20)18-19-9-16-17-13(19)21-8-10-3-5-11(14)6-4-10/h2-6,9H,1,7-8H2,(H2,15,18,20). The van der Waals surface area contributed by atoms with Gasteiger partial charge in [0.25, 0.3) is 0 Å². The predicted molar refractivity (Wildman–Crippen MR) is 91.2 cm³/mol. The van der Waals surface area contributed by atoms with E-state index in [-0.39, 0.29) is 0 Å². The molecule has 0 saturated carbocycles. The summed E-state index contributed by atoms with van der Waals surface area (Å²) in [5.41, 5.74) is 4.15. The minimum atomic E-state index is 0.489. The minimum Gasteiger partial charge on any atom is -0.358 e. The lowest BCUT2D eigenvalue weighted by Crippen LogP contribution is -2.33. The molecular formula is C13H14ClN5S2. The lowest BCUT2D eigenvalue weighted by molar-refractivity contribution is 0.822. The van der Waals surface area contributed by atoms with Gasteiger partial charge in [0.15, 0.2) is 5.11 Å². The predicted octanol–water partition coefficient (Wildman–Crippen LogP) is 2.83. The third-order valence-electron chi connectivity index (χ3n) is 2.43. The summed E-state index contributed by atoms with van der Waals surface area (Å²) in [6, 6.07) is 7.71. The summed E-state index contributed by atoms with van der Waals surface area (Å²) in [7, 11) is 0. The molecule has 2 rings (SSSR count). The average Bonchev–Trinajstić information content (AvgIpc) is 2.92. The Morgan fingerprint density at radius 1 is 1.43 bits per heavy atom. The van der Waals surface area contributed by atoms with Crippen molar-refractivity contribution < 1.29 is 0 Å². The Balaban J connectivity index is 1.92. The quantitative estimate of drug-likeness (QED) is 0.479. The van der Waals surface area contributed by atoms with Crippen LogP contribution in [0, 0.1) is 0 Å². The van der Waals surface area contributed by atoms with Crippen LogP contribution < -0.4 is 10.7 Å². The van der Waals surface area contributed by atoms with Crippen molar-refractivity contribution in [2.24, 2.45) is 0 Å². The zero-order chi connectivity index (χ0) is 15.1. The van der Waals surface area contributed by atoms with E-state index >= 15 is 0 Å². The van der Waals surface area contributed by atoms with Gasteiger partial charge >= 0.3 is 0 Å². The average molecular weight is 340 g/mol. The maximum Gasteiger partial charge on any atom is 0.210 e. The number of benzene rings is 1. The van der Waals surface area contributed by atoms with Crippen LogP contribution in [0.15, 0.2) is 48.4 Å². The van der Waals surface area contributed by atoms with Crippen LogP contribution in [0.3, 0.4) is 0 Å². The monoisotopic (exact) mass is 339 g/mol. The second kappa shape index (κ2) is 8.02. The molecule has 0 amide bonds. The highest BCUT2D eigenvalue weighted by Crippen LogP contribution is 2.21. The van der Waals surface area contributed by atoms with E-state index in [9.17, 15) is 0 Å².